The number of carbonyl (C=O) groups is 1. The van der Waals surface area contributed by atoms with Crippen molar-refractivity contribution < 1.29 is 39.1 Å². The Bertz CT molecular complexity index is 737. The first-order valence-corrected chi connectivity index (χ1v) is 13.6. The summed E-state index contributed by atoms with van der Waals surface area (Å²) in [6, 6.07) is 0. The maximum Gasteiger partial charge on any atom is 0.308 e. The van der Waals surface area contributed by atoms with E-state index in [4.69, 9.17) is 18.9 Å². The molecule has 3 aliphatic heterocycles. The van der Waals surface area contributed by atoms with Gasteiger partial charge in [-0.25, -0.2) is 0 Å². The van der Waals surface area contributed by atoms with Crippen molar-refractivity contribution in [2.45, 2.75) is 127 Å². The third kappa shape index (κ3) is 8.36. The molecule has 0 spiro atoms. The molecule has 3 heterocycles. The number of rotatable bonds is 3. The molecule has 0 radical (unpaired) electrons. The van der Waals surface area contributed by atoms with Crippen LogP contribution in [-0.2, 0) is 23.7 Å². The number of aliphatic hydroxyl groups is 3. The lowest BCUT2D eigenvalue weighted by molar-refractivity contribution is -0.199. The molecule has 0 aromatic carbocycles. The van der Waals surface area contributed by atoms with E-state index in [1.807, 2.05) is 26.0 Å². The lowest BCUT2D eigenvalue weighted by Crippen LogP contribution is -2.44. The molecule has 36 heavy (non-hydrogen) atoms. The minimum atomic E-state index is -1.09. The third-order valence-electron chi connectivity index (χ3n) is 7.92. The van der Waals surface area contributed by atoms with Crippen LogP contribution in [0.2, 0.25) is 0 Å². The molecule has 3 N–H and O–H groups in total. The Morgan fingerprint density at radius 3 is 2.53 bits per heavy atom. The number of cyclic esters (lactones) is 1. The molecule has 0 aliphatic carbocycles. The predicted octanol–water partition coefficient (Wildman–Crippen LogP) is 3.56. The van der Waals surface area contributed by atoms with Gasteiger partial charge in [0.25, 0.3) is 0 Å². The van der Waals surface area contributed by atoms with Crippen molar-refractivity contribution in [2.24, 2.45) is 5.41 Å². The van der Waals surface area contributed by atoms with Crippen LogP contribution in [-0.4, -0.2) is 76.9 Å². The standard InChI is InChI=1S/C28H46O8/c1-4-12-28(32)13-6-9-24(19-29)35-25(31)17-20(30)16-21-7-5-8-22(34-21)18-23-11-15-33-26(36-23)10-14-27(28,2)3/h4,10,14,20-24,26,29-30,32H,1,5-9,11-13,15-19H2,2-3H3/b14-10+/t20-,21+,22?,23?,24-,26?,28-/m1/s1. The van der Waals surface area contributed by atoms with Crippen LogP contribution in [0.4, 0.5) is 0 Å². The Morgan fingerprint density at radius 2 is 1.81 bits per heavy atom. The van der Waals surface area contributed by atoms with E-state index in [0.717, 1.165) is 32.1 Å². The quantitative estimate of drug-likeness (QED) is 0.390. The van der Waals surface area contributed by atoms with Gasteiger partial charge in [-0.05, 0) is 63.9 Å². The van der Waals surface area contributed by atoms with Crippen molar-refractivity contribution in [1.82, 2.24) is 0 Å². The molecule has 2 saturated heterocycles. The molecule has 3 unspecified atom stereocenters. The third-order valence-corrected chi connectivity index (χ3v) is 7.92. The average molecular weight is 511 g/mol. The molecule has 0 aromatic heterocycles. The summed E-state index contributed by atoms with van der Waals surface area (Å²) in [7, 11) is 0. The molecule has 8 nitrogen and oxygen atoms in total. The van der Waals surface area contributed by atoms with Gasteiger partial charge in [0.15, 0.2) is 6.29 Å². The molecule has 206 valence electrons. The highest BCUT2D eigenvalue weighted by molar-refractivity contribution is 5.70. The first-order chi connectivity index (χ1) is 17.1. The van der Waals surface area contributed by atoms with Gasteiger partial charge in [-0.15, -0.1) is 6.58 Å². The van der Waals surface area contributed by atoms with Gasteiger partial charge in [0.05, 0.1) is 49.7 Å². The Labute approximate surface area is 215 Å². The van der Waals surface area contributed by atoms with E-state index in [1.165, 1.54) is 0 Å². The maximum absolute atomic E-state index is 12.4. The van der Waals surface area contributed by atoms with Gasteiger partial charge in [0, 0.05) is 11.8 Å². The number of hydrogen-bond acceptors (Lipinski definition) is 8. The first kappa shape index (κ1) is 29.3. The van der Waals surface area contributed by atoms with Gasteiger partial charge in [-0.1, -0.05) is 26.0 Å². The van der Waals surface area contributed by atoms with Crippen LogP contribution in [0.25, 0.3) is 0 Å². The predicted molar refractivity (Wildman–Crippen MR) is 135 cm³/mol. The van der Waals surface area contributed by atoms with Crippen molar-refractivity contribution >= 4 is 5.97 Å². The van der Waals surface area contributed by atoms with E-state index < -0.39 is 35.5 Å². The SMILES string of the molecule is C=CC[C@@]1(O)CCC[C@H](CO)OC(=O)C[C@H](O)C[C@@H]2CCCC(CC3CCOC(/C=C/C1(C)C)O3)O2. The van der Waals surface area contributed by atoms with Crippen LogP contribution in [0.1, 0.15) is 84.5 Å². The summed E-state index contributed by atoms with van der Waals surface area (Å²) in [6.45, 7) is 8.06. The average Bonchev–Trinajstić information content (AvgIpc) is 2.82. The van der Waals surface area contributed by atoms with Crippen molar-refractivity contribution in [3.63, 3.8) is 0 Å². The first-order valence-electron chi connectivity index (χ1n) is 13.6. The van der Waals surface area contributed by atoms with Crippen molar-refractivity contribution in [3.05, 3.63) is 24.8 Å². The molecule has 0 aromatic rings. The number of hydrogen-bond donors (Lipinski definition) is 3. The lowest BCUT2D eigenvalue weighted by Gasteiger charge is -2.41. The fourth-order valence-electron chi connectivity index (χ4n) is 5.53. The molecule has 0 amide bonds. The van der Waals surface area contributed by atoms with Crippen molar-refractivity contribution in [2.75, 3.05) is 13.2 Å². The number of carbonyl (C=O) groups excluding carboxylic acids is 1. The van der Waals surface area contributed by atoms with E-state index in [1.54, 1.807) is 6.08 Å². The van der Waals surface area contributed by atoms with E-state index in [0.29, 0.717) is 38.7 Å². The van der Waals surface area contributed by atoms with Crippen LogP contribution in [0.15, 0.2) is 24.8 Å². The fourth-order valence-corrected chi connectivity index (χ4v) is 5.53. The van der Waals surface area contributed by atoms with E-state index in [9.17, 15) is 20.1 Å². The monoisotopic (exact) mass is 510 g/mol. The van der Waals surface area contributed by atoms with E-state index in [-0.39, 0.29) is 31.3 Å². The Balaban J connectivity index is 1.78. The summed E-state index contributed by atoms with van der Waals surface area (Å²) in [6.07, 6.45) is 9.80. The lowest BCUT2D eigenvalue weighted by atomic mass is 9.70. The summed E-state index contributed by atoms with van der Waals surface area (Å²) in [5.41, 5.74) is -1.71. The van der Waals surface area contributed by atoms with Gasteiger partial charge in [0.2, 0.25) is 0 Å². The maximum atomic E-state index is 12.4. The molecular formula is C28H46O8. The topological polar surface area (TPSA) is 115 Å². The van der Waals surface area contributed by atoms with Crippen LogP contribution < -0.4 is 0 Å². The molecule has 7 atom stereocenters. The molecule has 0 saturated carbocycles. The Hall–Kier alpha value is -1.29. The zero-order valence-corrected chi connectivity index (χ0v) is 22.0. The van der Waals surface area contributed by atoms with Crippen LogP contribution in [0, 0.1) is 5.41 Å². The minimum Gasteiger partial charge on any atom is -0.460 e. The van der Waals surface area contributed by atoms with Gasteiger partial charge < -0.3 is 34.3 Å². The van der Waals surface area contributed by atoms with Crippen molar-refractivity contribution in [1.29, 1.82) is 0 Å². The number of aliphatic hydroxyl groups excluding tert-OH is 2. The molecule has 3 rings (SSSR count). The highest BCUT2D eigenvalue weighted by Gasteiger charge is 2.41. The van der Waals surface area contributed by atoms with Gasteiger partial charge >= 0.3 is 5.97 Å². The molecule has 8 heteroatoms. The largest absolute Gasteiger partial charge is 0.460 e. The van der Waals surface area contributed by atoms with Crippen LogP contribution in [0.3, 0.4) is 0 Å². The van der Waals surface area contributed by atoms with Gasteiger partial charge in [-0.3, -0.25) is 4.79 Å². The molecule has 4 bridgehead atoms. The summed E-state index contributed by atoms with van der Waals surface area (Å²) in [4.78, 5) is 12.4. The number of esters is 1. The number of ether oxygens (including phenoxy) is 4. The van der Waals surface area contributed by atoms with Crippen molar-refractivity contribution in [3.8, 4) is 0 Å². The van der Waals surface area contributed by atoms with Gasteiger partial charge in [-0.2, -0.15) is 0 Å². The van der Waals surface area contributed by atoms with Crippen LogP contribution in [0.5, 0.6) is 0 Å². The molecule has 2 fully saturated rings. The van der Waals surface area contributed by atoms with Gasteiger partial charge in [0.1, 0.15) is 6.10 Å². The highest BCUT2D eigenvalue weighted by atomic mass is 16.7. The van der Waals surface area contributed by atoms with E-state index in [2.05, 4.69) is 6.58 Å². The Morgan fingerprint density at radius 1 is 1.08 bits per heavy atom. The zero-order chi connectivity index (χ0) is 26.2. The normalized spacial score (nSPS) is 40.0. The summed E-state index contributed by atoms with van der Waals surface area (Å²) >= 11 is 0. The fraction of sp³-hybridized carbons (Fsp3) is 0.821. The van der Waals surface area contributed by atoms with Crippen LogP contribution >= 0.6 is 0 Å². The Kier molecular flexibility index (Phi) is 11.0. The van der Waals surface area contributed by atoms with E-state index >= 15 is 0 Å². The second-order valence-electron chi connectivity index (χ2n) is 11.2. The second kappa shape index (κ2) is 13.5. The number of fused-ring (bicyclic) bond motifs is 4. The summed E-state index contributed by atoms with van der Waals surface area (Å²) < 4.78 is 23.8. The minimum absolute atomic E-state index is 0.00762. The zero-order valence-electron chi connectivity index (χ0n) is 22.0. The second-order valence-corrected chi connectivity index (χ2v) is 11.2. The highest BCUT2D eigenvalue weighted by Crippen LogP contribution is 2.40. The summed E-state index contributed by atoms with van der Waals surface area (Å²) in [5, 5.41) is 31.9. The molecular weight excluding hydrogens is 464 g/mol. The smallest absolute Gasteiger partial charge is 0.308 e. The molecule has 3 aliphatic rings. The summed E-state index contributed by atoms with van der Waals surface area (Å²) in [5.74, 6) is -0.533.